The van der Waals surface area contributed by atoms with Crippen molar-refractivity contribution < 1.29 is 27.5 Å². The number of benzene rings is 1. The van der Waals surface area contributed by atoms with Crippen molar-refractivity contribution in [3.63, 3.8) is 0 Å². The molecule has 4 nitrogen and oxygen atoms in total. The lowest BCUT2D eigenvalue weighted by Gasteiger charge is -2.53. The number of nitrogens with zero attached hydrogens (tertiary/aromatic N) is 1. The standard InChI is InChI=1S/C34H38F3NO3/c1-21(39)30-11-12-31-28-18-23(4-3-13-34(35,36)37)27-19-25(40)9-10-26(27)32(28)29(20-33(30,31)2)22-5-7-24(8-6-22)38-14-16-41-17-15-38/h5-8,19,23,28-31H,4,9-12,14-18,20H2,1-2H3/t23?,28-,29+,30+,31-,33+/m0/s1. The Morgan fingerprint density at radius 2 is 1.85 bits per heavy atom. The van der Waals surface area contributed by atoms with E-state index < -0.39 is 6.18 Å². The number of hydrogen-bond acceptors (Lipinski definition) is 4. The van der Waals surface area contributed by atoms with E-state index in [1.54, 1.807) is 13.0 Å². The van der Waals surface area contributed by atoms with E-state index in [0.717, 1.165) is 51.1 Å². The molecule has 1 aliphatic heterocycles. The third-order valence-electron chi connectivity index (χ3n) is 10.7. The fraction of sp³-hybridized carbons (Fsp3) is 0.588. The van der Waals surface area contributed by atoms with E-state index >= 15 is 0 Å². The van der Waals surface area contributed by atoms with Crippen molar-refractivity contribution in [3.8, 4) is 11.8 Å². The van der Waals surface area contributed by atoms with Crippen LogP contribution in [-0.2, 0) is 14.3 Å². The van der Waals surface area contributed by atoms with Crippen LogP contribution in [0, 0.1) is 40.9 Å². The molecule has 0 bridgehead atoms. The van der Waals surface area contributed by atoms with Crippen LogP contribution in [0.15, 0.2) is 47.1 Å². The van der Waals surface area contributed by atoms with Gasteiger partial charge in [0.15, 0.2) is 5.78 Å². The Kier molecular flexibility index (Phi) is 7.43. The summed E-state index contributed by atoms with van der Waals surface area (Å²) in [6, 6.07) is 8.82. The summed E-state index contributed by atoms with van der Waals surface area (Å²) < 4.78 is 44.3. The lowest BCUT2D eigenvalue weighted by Crippen LogP contribution is -2.45. The second-order valence-corrected chi connectivity index (χ2v) is 12.8. The molecule has 1 aromatic rings. The van der Waals surface area contributed by atoms with Crippen molar-refractivity contribution in [2.24, 2.45) is 29.1 Å². The maximum Gasteiger partial charge on any atom is 0.457 e. The summed E-state index contributed by atoms with van der Waals surface area (Å²) in [5.41, 5.74) is 5.66. The van der Waals surface area contributed by atoms with E-state index in [4.69, 9.17) is 4.74 Å². The zero-order chi connectivity index (χ0) is 28.9. The fourth-order valence-corrected chi connectivity index (χ4v) is 8.97. The quantitative estimate of drug-likeness (QED) is 0.377. The molecule has 7 heteroatoms. The maximum absolute atomic E-state index is 12.9. The van der Waals surface area contributed by atoms with Crippen molar-refractivity contribution in [1.82, 2.24) is 0 Å². The van der Waals surface area contributed by atoms with Gasteiger partial charge in [0.05, 0.1) is 13.2 Å². The molecule has 0 N–H and O–H groups in total. The minimum absolute atomic E-state index is 0.0116. The molecule has 0 radical (unpaired) electrons. The number of rotatable bonds is 4. The van der Waals surface area contributed by atoms with Gasteiger partial charge < -0.3 is 9.64 Å². The molecule has 1 unspecified atom stereocenters. The van der Waals surface area contributed by atoms with Gasteiger partial charge in [0.2, 0.25) is 0 Å². The fourth-order valence-electron chi connectivity index (χ4n) is 8.97. The molecule has 1 saturated heterocycles. The number of Topliss-reactive ketones (excluding diaryl/α,β-unsaturated/α-hetero) is 1. The van der Waals surface area contributed by atoms with Gasteiger partial charge in [0.1, 0.15) is 5.78 Å². The minimum atomic E-state index is -4.53. The monoisotopic (exact) mass is 565 g/mol. The Morgan fingerprint density at radius 3 is 2.54 bits per heavy atom. The Labute approximate surface area is 240 Å². The van der Waals surface area contributed by atoms with Gasteiger partial charge in [0, 0.05) is 49.4 Å². The Bertz CT molecular complexity index is 1340. The van der Waals surface area contributed by atoms with E-state index in [1.165, 1.54) is 28.3 Å². The normalized spacial score (nSPS) is 33.3. The summed E-state index contributed by atoms with van der Waals surface area (Å²) in [5, 5.41) is 0. The number of ketones is 2. The predicted molar refractivity (Wildman–Crippen MR) is 151 cm³/mol. The van der Waals surface area contributed by atoms with Crippen molar-refractivity contribution in [3.05, 3.63) is 52.6 Å². The molecule has 3 fully saturated rings. The molecular formula is C34H38F3NO3. The molecule has 0 spiro atoms. The highest BCUT2D eigenvalue weighted by molar-refractivity contribution is 5.93. The zero-order valence-corrected chi connectivity index (χ0v) is 23.9. The van der Waals surface area contributed by atoms with Gasteiger partial charge in [-0.05, 0) is 97.1 Å². The molecule has 1 aromatic carbocycles. The Morgan fingerprint density at radius 1 is 1.12 bits per heavy atom. The highest BCUT2D eigenvalue weighted by Crippen LogP contribution is 2.66. The van der Waals surface area contributed by atoms with E-state index in [9.17, 15) is 22.8 Å². The summed E-state index contributed by atoms with van der Waals surface area (Å²) in [6.45, 7) is 7.15. The van der Waals surface area contributed by atoms with E-state index in [2.05, 4.69) is 42.0 Å². The van der Waals surface area contributed by atoms with Gasteiger partial charge >= 0.3 is 6.18 Å². The number of anilines is 1. The van der Waals surface area contributed by atoms with Crippen molar-refractivity contribution >= 4 is 17.3 Å². The number of ether oxygens (including phenoxy) is 1. The first kappa shape index (κ1) is 28.3. The van der Waals surface area contributed by atoms with Crippen LogP contribution < -0.4 is 4.90 Å². The number of morpholine rings is 1. The molecule has 0 amide bonds. The molecule has 41 heavy (non-hydrogen) atoms. The Balaban J connectivity index is 1.44. The minimum Gasteiger partial charge on any atom is -0.378 e. The molecular weight excluding hydrogens is 527 g/mol. The first-order chi connectivity index (χ1) is 19.5. The lowest BCUT2D eigenvalue weighted by atomic mass is 9.50. The van der Waals surface area contributed by atoms with Gasteiger partial charge in [-0.15, -0.1) is 0 Å². The summed E-state index contributed by atoms with van der Waals surface area (Å²) in [5.74, 6) is 4.48. The molecule has 218 valence electrons. The summed E-state index contributed by atoms with van der Waals surface area (Å²) in [7, 11) is 0. The second-order valence-electron chi connectivity index (χ2n) is 12.8. The average Bonchev–Trinajstić information content (AvgIpc) is 3.30. The largest absolute Gasteiger partial charge is 0.457 e. The van der Waals surface area contributed by atoms with E-state index in [-0.39, 0.29) is 47.1 Å². The maximum atomic E-state index is 12.9. The first-order valence-electron chi connectivity index (χ1n) is 15.0. The molecule has 2 saturated carbocycles. The summed E-state index contributed by atoms with van der Waals surface area (Å²) in [4.78, 5) is 27.8. The van der Waals surface area contributed by atoms with Gasteiger partial charge in [-0.25, -0.2) is 0 Å². The highest BCUT2D eigenvalue weighted by Gasteiger charge is 2.58. The van der Waals surface area contributed by atoms with E-state index in [1.807, 2.05) is 0 Å². The van der Waals surface area contributed by atoms with Gasteiger partial charge in [-0.3, -0.25) is 9.59 Å². The highest BCUT2D eigenvalue weighted by atomic mass is 19.4. The van der Waals surface area contributed by atoms with Crippen LogP contribution in [0.1, 0.15) is 70.3 Å². The van der Waals surface area contributed by atoms with Gasteiger partial charge in [0.25, 0.3) is 0 Å². The average molecular weight is 566 g/mol. The molecule has 4 aliphatic carbocycles. The SMILES string of the molecule is CC(=O)[C@H]1CC[C@H]2[C@@H]3CC(CC#CC(F)(F)F)C4=CC(=O)CCC4=C3[C@@H](c3ccc(N4CCOCC4)cc3)C[C@]12C. The molecule has 5 aliphatic rings. The first-order valence-corrected chi connectivity index (χ1v) is 15.0. The predicted octanol–water partition coefficient (Wildman–Crippen LogP) is 6.81. The lowest BCUT2D eigenvalue weighted by molar-refractivity contribution is -0.125. The van der Waals surface area contributed by atoms with Crippen LogP contribution in [0.3, 0.4) is 0 Å². The van der Waals surface area contributed by atoms with Crippen LogP contribution in [0.25, 0.3) is 0 Å². The third-order valence-corrected chi connectivity index (χ3v) is 10.7. The number of alkyl halides is 3. The summed E-state index contributed by atoms with van der Waals surface area (Å²) >= 11 is 0. The van der Waals surface area contributed by atoms with Crippen LogP contribution in [-0.4, -0.2) is 44.0 Å². The van der Waals surface area contributed by atoms with Gasteiger partial charge in [-0.2, -0.15) is 13.2 Å². The Hall–Kier alpha value is -2.85. The molecule has 6 rings (SSSR count). The number of carbonyl (C=O) groups is 2. The number of halogens is 3. The van der Waals surface area contributed by atoms with Crippen molar-refractivity contribution in [2.45, 2.75) is 70.9 Å². The second kappa shape index (κ2) is 10.8. The topological polar surface area (TPSA) is 46.6 Å². The van der Waals surface area contributed by atoms with Crippen molar-refractivity contribution in [2.75, 3.05) is 31.2 Å². The van der Waals surface area contributed by atoms with Crippen LogP contribution in [0.5, 0.6) is 0 Å². The smallest absolute Gasteiger partial charge is 0.378 e. The molecule has 6 atom stereocenters. The van der Waals surface area contributed by atoms with Gasteiger partial charge in [-0.1, -0.05) is 30.6 Å². The molecule has 0 aromatic heterocycles. The summed E-state index contributed by atoms with van der Waals surface area (Å²) in [6.07, 6.45) is 1.66. The number of hydrogen-bond donors (Lipinski definition) is 0. The van der Waals surface area contributed by atoms with Crippen LogP contribution in [0.2, 0.25) is 0 Å². The third kappa shape index (κ3) is 5.29. The van der Waals surface area contributed by atoms with Crippen LogP contribution in [0.4, 0.5) is 18.9 Å². The van der Waals surface area contributed by atoms with E-state index in [0.29, 0.717) is 25.2 Å². The van der Waals surface area contributed by atoms with Crippen molar-refractivity contribution in [1.29, 1.82) is 0 Å². The zero-order valence-electron chi connectivity index (χ0n) is 23.9. The van der Waals surface area contributed by atoms with Crippen LogP contribution >= 0.6 is 0 Å². The number of fused-ring (bicyclic) bond motifs is 4. The number of allylic oxidation sites excluding steroid dienone is 4. The number of carbonyl (C=O) groups excluding carboxylic acids is 2. The molecule has 1 heterocycles.